The highest BCUT2D eigenvalue weighted by molar-refractivity contribution is 8.00. The zero-order chi connectivity index (χ0) is 13.2. The summed E-state index contributed by atoms with van der Waals surface area (Å²) < 4.78 is 0. The molecule has 0 unspecified atom stereocenters. The van der Waals surface area contributed by atoms with Crippen molar-refractivity contribution < 1.29 is 9.90 Å². The monoisotopic (exact) mass is 266 g/mol. The Bertz CT molecular complexity index is 460. The van der Waals surface area contributed by atoms with Gasteiger partial charge in [-0.25, -0.2) is 0 Å². The van der Waals surface area contributed by atoms with Gasteiger partial charge in [0.2, 0.25) is 5.91 Å². The molecule has 98 valence electrons. The summed E-state index contributed by atoms with van der Waals surface area (Å²) in [6, 6.07) is 5.96. The Morgan fingerprint density at radius 2 is 2.28 bits per heavy atom. The molecular weight excluding hydrogens is 248 g/mol. The molecule has 0 fully saturated rings. The third-order valence-corrected chi connectivity index (χ3v) is 3.91. The molecule has 0 aliphatic carbocycles. The molecule has 0 aromatic heterocycles. The van der Waals surface area contributed by atoms with Crippen molar-refractivity contribution in [2.24, 2.45) is 0 Å². The van der Waals surface area contributed by atoms with Crippen LogP contribution in [0.3, 0.4) is 0 Å². The van der Waals surface area contributed by atoms with Crippen LogP contribution >= 0.6 is 11.8 Å². The van der Waals surface area contributed by atoms with Gasteiger partial charge in [-0.1, -0.05) is 0 Å². The number of hydrogen-bond acceptors (Lipinski definition) is 4. The van der Waals surface area contributed by atoms with Crippen molar-refractivity contribution in [3.05, 3.63) is 18.2 Å². The molecule has 4 nitrogen and oxygen atoms in total. The number of benzene rings is 1. The number of hydrogen-bond donors (Lipinski definition) is 3. The molecule has 0 saturated carbocycles. The Balaban J connectivity index is 2.16. The molecule has 0 bridgehead atoms. The maximum Gasteiger partial charge on any atom is 0.234 e. The lowest BCUT2D eigenvalue weighted by molar-refractivity contribution is -0.113. The lowest BCUT2D eigenvalue weighted by Crippen LogP contribution is -2.32. The summed E-state index contributed by atoms with van der Waals surface area (Å²) in [5.41, 5.74) is 1.64. The maximum atomic E-state index is 11.3. The van der Waals surface area contributed by atoms with Crippen molar-refractivity contribution in [3.63, 3.8) is 0 Å². The summed E-state index contributed by atoms with van der Waals surface area (Å²) >= 11 is 1.55. The number of thioether (sulfide) groups is 1. The van der Waals surface area contributed by atoms with Crippen LogP contribution in [0.2, 0.25) is 0 Å². The van der Waals surface area contributed by atoms with E-state index < -0.39 is 0 Å². The molecule has 2 rings (SSSR count). The smallest absolute Gasteiger partial charge is 0.234 e. The second-order valence-electron chi connectivity index (χ2n) is 5.03. The lowest BCUT2D eigenvalue weighted by Gasteiger charge is -2.27. The SMILES string of the molecule is CC(C)(CCO)Nc1ccc2c(c1)NC(=O)CS2. The molecule has 1 aliphatic heterocycles. The van der Waals surface area contributed by atoms with Crippen LogP contribution in [-0.2, 0) is 4.79 Å². The first-order valence-corrected chi connectivity index (χ1v) is 6.94. The predicted molar refractivity (Wildman–Crippen MR) is 75.2 cm³/mol. The number of nitrogens with one attached hydrogen (secondary N) is 2. The van der Waals surface area contributed by atoms with Crippen LogP contribution in [0.1, 0.15) is 20.3 Å². The Morgan fingerprint density at radius 1 is 1.50 bits per heavy atom. The fourth-order valence-corrected chi connectivity index (χ4v) is 2.68. The standard InChI is InChI=1S/C13H18N2O2S/c1-13(2,5-6-16)15-9-3-4-11-10(7-9)14-12(17)8-18-11/h3-4,7,15-16H,5-6,8H2,1-2H3,(H,14,17). The number of carbonyl (C=O) groups is 1. The lowest BCUT2D eigenvalue weighted by atomic mass is 10.0. The van der Waals surface area contributed by atoms with Crippen LogP contribution < -0.4 is 10.6 Å². The van der Waals surface area contributed by atoms with E-state index in [4.69, 9.17) is 5.11 Å². The van der Waals surface area contributed by atoms with E-state index in [9.17, 15) is 4.79 Å². The number of rotatable bonds is 4. The molecule has 0 atom stereocenters. The minimum atomic E-state index is -0.172. The minimum Gasteiger partial charge on any atom is -0.396 e. The van der Waals surface area contributed by atoms with Crippen LogP contribution in [0, 0.1) is 0 Å². The van der Waals surface area contributed by atoms with Crippen LogP contribution in [0.15, 0.2) is 23.1 Å². The van der Waals surface area contributed by atoms with Crippen LogP contribution in [0.5, 0.6) is 0 Å². The van der Waals surface area contributed by atoms with Crippen molar-refractivity contribution in [3.8, 4) is 0 Å². The summed E-state index contributed by atoms with van der Waals surface area (Å²) in [6.45, 7) is 4.23. The van der Waals surface area contributed by atoms with Crippen molar-refractivity contribution in [1.29, 1.82) is 0 Å². The van der Waals surface area contributed by atoms with Crippen LogP contribution in [0.4, 0.5) is 11.4 Å². The Morgan fingerprint density at radius 3 is 3.00 bits per heavy atom. The topological polar surface area (TPSA) is 61.4 Å². The predicted octanol–water partition coefficient (Wildman–Crippen LogP) is 2.30. The first kappa shape index (κ1) is 13.2. The van der Waals surface area contributed by atoms with E-state index in [-0.39, 0.29) is 18.1 Å². The largest absolute Gasteiger partial charge is 0.396 e. The van der Waals surface area contributed by atoms with Crippen molar-refractivity contribution in [2.45, 2.75) is 30.7 Å². The van der Waals surface area contributed by atoms with Crippen molar-refractivity contribution in [2.75, 3.05) is 23.0 Å². The number of amides is 1. The first-order chi connectivity index (χ1) is 8.50. The van der Waals surface area contributed by atoms with Gasteiger partial charge in [-0.05, 0) is 38.5 Å². The molecular formula is C13H18N2O2S. The van der Waals surface area contributed by atoms with E-state index in [2.05, 4.69) is 10.6 Å². The zero-order valence-corrected chi connectivity index (χ0v) is 11.4. The molecule has 0 radical (unpaired) electrons. The van der Waals surface area contributed by atoms with E-state index in [0.29, 0.717) is 12.2 Å². The maximum absolute atomic E-state index is 11.3. The van der Waals surface area contributed by atoms with E-state index in [1.807, 2.05) is 32.0 Å². The molecule has 1 aliphatic rings. The quantitative estimate of drug-likeness (QED) is 0.782. The highest BCUT2D eigenvalue weighted by atomic mass is 32.2. The Hall–Kier alpha value is -1.20. The molecule has 5 heteroatoms. The number of anilines is 2. The summed E-state index contributed by atoms with van der Waals surface area (Å²) in [4.78, 5) is 12.4. The molecule has 3 N–H and O–H groups in total. The second kappa shape index (κ2) is 5.20. The van der Waals surface area contributed by atoms with Gasteiger partial charge in [0.05, 0.1) is 11.4 Å². The molecule has 1 heterocycles. The zero-order valence-electron chi connectivity index (χ0n) is 10.6. The molecule has 18 heavy (non-hydrogen) atoms. The fourth-order valence-electron chi connectivity index (χ4n) is 1.89. The van der Waals surface area contributed by atoms with Crippen molar-refractivity contribution >= 4 is 29.0 Å². The normalized spacial score (nSPS) is 14.9. The average Bonchev–Trinajstić information content (AvgIpc) is 2.27. The van der Waals surface area contributed by atoms with Gasteiger partial charge >= 0.3 is 0 Å². The summed E-state index contributed by atoms with van der Waals surface area (Å²) in [5.74, 6) is 0.523. The number of aliphatic hydroxyl groups excluding tert-OH is 1. The highest BCUT2D eigenvalue weighted by Gasteiger charge is 2.19. The van der Waals surface area contributed by atoms with Gasteiger partial charge in [-0.2, -0.15) is 0 Å². The Labute approximate surface area is 111 Å². The van der Waals surface area contributed by atoms with Gasteiger partial charge in [-0.15, -0.1) is 11.8 Å². The number of fused-ring (bicyclic) bond motifs is 1. The molecule has 1 aromatic carbocycles. The number of carbonyl (C=O) groups excluding carboxylic acids is 1. The van der Waals surface area contributed by atoms with Crippen LogP contribution in [0.25, 0.3) is 0 Å². The molecule has 0 spiro atoms. The van der Waals surface area contributed by atoms with Gasteiger partial charge in [0.25, 0.3) is 0 Å². The molecule has 1 amide bonds. The Kier molecular flexibility index (Phi) is 3.82. The third-order valence-electron chi connectivity index (χ3n) is 2.83. The second-order valence-corrected chi connectivity index (χ2v) is 6.05. The van der Waals surface area contributed by atoms with E-state index in [1.165, 1.54) is 0 Å². The summed E-state index contributed by atoms with van der Waals surface area (Å²) in [7, 11) is 0. The van der Waals surface area contributed by atoms with Gasteiger partial charge in [0, 0.05) is 22.7 Å². The first-order valence-electron chi connectivity index (χ1n) is 5.96. The van der Waals surface area contributed by atoms with Crippen LogP contribution in [-0.4, -0.2) is 28.9 Å². The summed E-state index contributed by atoms with van der Waals surface area (Å²) in [6.07, 6.45) is 0.672. The minimum absolute atomic E-state index is 0.0410. The van der Waals surface area contributed by atoms with Gasteiger partial charge < -0.3 is 15.7 Å². The highest BCUT2D eigenvalue weighted by Crippen LogP contribution is 2.34. The summed E-state index contributed by atoms with van der Waals surface area (Å²) in [5, 5.41) is 15.2. The van der Waals surface area contributed by atoms with E-state index >= 15 is 0 Å². The average molecular weight is 266 g/mol. The third kappa shape index (κ3) is 3.17. The number of aliphatic hydroxyl groups is 1. The van der Waals surface area contributed by atoms with Gasteiger partial charge in [0.1, 0.15) is 0 Å². The molecule has 1 aromatic rings. The van der Waals surface area contributed by atoms with E-state index in [0.717, 1.165) is 16.3 Å². The van der Waals surface area contributed by atoms with Gasteiger partial charge in [-0.3, -0.25) is 4.79 Å². The molecule has 0 saturated heterocycles. The van der Waals surface area contributed by atoms with E-state index in [1.54, 1.807) is 11.8 Å². The van der Waals surface area contributed by atoms with Gasteiger partial charge in [0.15, 0.2) is 0 Å². The van der Waals surface area contributed by atoms with Crippen molar-refractivity contribution in [1.82, 2.24) is 0 Å². The fraction of sp³-hybridized carbons (Fsp3) is 0.462.